The molecule has 6 saturated carbocycles. The molecule has 0 radical (unpaired) electrons. The van der Waals surface area contributed by atoms with E-state index in [9.17, 15) is 23.7 Å². The Morgan fingerprint density at radius 3 is 1.19 bits per heavy atom. The first kappa shape index (κ1) is 59.0. The summed E-state index contributed by atoms with van der Waals surface area (Å²) >= 11 is 0. The van der Waals surface area contributed by atoms with E-state index in [4.69, 9.17) is 24.4 Å². The van der Waals surface area contributed by atoms with E-state index in [1.165, 1.54) is 47.3 Å². The van der Waals surface area contributed by atoms with Gasteiger partial charge in [-0.3, -0.25) is 4.52 Å². The lowest BCUT2D eigenvalue weighted by Gasteiger charge is -2.23. The average molecular weight is 931 g/mol. The largest absolute Gasteiger partial charge is 0.469 e. The van der Waals surface area contributed by atoms with E-state index in [0.29, 0.717) is 43.9 Å². The molecule has 9 N–H and O–H groups in total. The third-order valence-electron chi connectivity index (χ3n) is 12.6. The Kier molecular flexibility index (Phi) is 31.6. The third-order valence-corrected chi connectivity index (χ3v) is 13.2. The summed E-state index contributed by atoms with van der Waals surface area (Å²) in [6.07, 6.45) is 19.1. The van der Waals surface area contributed by atoms with Gasteiger partial charge in [0.15, 0.2) is 0 Å². The zero-order valence-electron chi connectivity index (χ0n) is 40.1. The van der Waals surface area contributed by atoms with Gasteiger partial charge in [0.1, 0.15) is 13.2 Å². The summed E-state index contributed by atoms with van der Waals surface area (Å²) in [5.41, 5.74) is 0.700. The quantitative estimate of drug-likeness (QED) is 0.0342. The number of ether oxygens (including phenoxy) is 2. The summed E-state index contributed by atoms with van der Waals surface area (Å²) in [7, 11) is -4.25. The Morgan fingerprint density at radius 1 is 0.547 bits per heavy atom. The molecule has 6 aliphatic rings. The van der Waals surface area contributed by atoms with Gasteiger partial charge in [-0.1, -0.05) is 39.8 Å². The van der Waals surface area contributed by atoms with Crippen LogP contribution < -0.4 is 31.9 Å². The van der Waals surface area contributed by atoms with Gasteiger partial charge in [-0.25, -0.2) is 23.7 Å². The number of amides is 4. The molecule has 4 amide bonds. The normalized spacial score (nSPS) is 24.6. The van der Waals surface area contributed by atoms with E-state index in [-0.39, 0.29) is 38.5 Å². The molecule has 64 heavy (non-hydrogen) atoms. The number of phosphoric acid groups is 1. The molecule has 6 rings (SSSR count). The minimum Gasteiger partial charge on any atom is -0.460 e. The summed E-state index contributed by atoms with van der Waals surface area (Å²) in [6, 6.07) is -0.530. The first-order valence-corrected chi connectivity index (χ1v) is 25.5. The molecule has 0 aromatic rings. The van der Waals surface area contributed by atoms with Crippen LogP contribution in [0.1, 0.15) is 119 Å². The Balaban J connectivity index is 0.000000390. The number of esters is 2. The molecule has 8 atom stereocenters. The maximum Gasteiger partial charge on any atom is 0.469 e. The maximum absolute atomic E-state index is 10.9. The van der Waals surface area contributed by atoms with E-state index < -0.39 is 19.8 Å². The van der Waals surface area contributed by atoms with Crippen LogP contribution in [0.15, 0.2) is 24.3 Å². The molecular formula is C46H87N6O11P. The van der Waals surface area contributed by atoms with Gasteiger partial charge in [0, 0.05) is 37.3 Å². The Morgan fingerprint density at radius 2 is 0.906 bits per heavy atom. The second-order valence-electron chi connectivity index (χ2n) is 17.3. The molecule has 0 aliphatic heterocycles. The van der Waals surface area contributed by atoms with Crippen LogP contribution in [-0.2, 0) is 28.2 Å². The molecule has 372 valence electrons. The van der Waals surface area contributed by atoms with Gasteiger partial charge in [-0.05, 0) is 152 Å². The van der Waals surface area contributed by atoms with Gasteiger partial charge in [0.25, 0.3) is 0 Å². The highest BCUT2D eigenvalue weighted by atomic mass is 31.2. The van der Waals surface area contributed by atoms with Crippen LogP contribution in [0, 0.1) is 47.3 Å². The van der Waals surface area contributed by atoms with Gasteiger partial charge in [0.2, 0.25) is 0 Å². The number of nitrogens with one attached hydrogen (secondary N) is 6. The van der Waals surface area contributed by atoms with Crippen molar-refractivity contribution in [2.75, 3.05) is 78.8 Å². The molecule has 0 heterocycles. The van der Waals surface area contributed by atoms with Crippen LogP contribution >= 0.6 is 7.82 Å². The van der Waals surface area contributed by atoms with Crippen LogP contribution in [-0.4, -0.2) is 118 Å². The van der Waals surface area contributed by atoms with Gasteiger partial charge in [0.05, 0.1) is 26.3 Å². The second kappa shape index (κ2) is 34.3. The molecule has 6 fully saturated rings. The Bertz CT molecular complexity index is 1300. The average Bonchev–Trinajstić information content (AvgIpc) is 4.12. The molecule has 18 heteroatoms. The van der Waals surface area contributed by atoms with Crippen molar-refractivity contribution < 1.29 is 52.6 Å². The monoisotopic (exact) mass is 931 g/mol. The first-order chi connectivity index (χ1) is 30.5. The lowest BCUT2D eigenvalue weighted by atomic mass is 9.82. The first-order valence-electron chi connectivity index (χ1n) is 23.9. The smallest absolute Gasteiger partial charge is 0.460 e. The lowest BCUT2D eigenvalue weighted by Crippen LogP contribution is -2.37. The number of phosphoric ester groups is 1. The van der Waals surface area contributed by atoms with Gasteiger partial charge < -0.3 is 56.3 Å². The van der Waals surface area contributed by atoms with Gasteiger partial charge in [-0.15, -0.1) is 0 Å². The summed E-state index contributed by atoms with van der Waals surface area (Å²) < 4.78 is 23.7. The van der Waals surface area contributed by atoms with Crippen LogP contribution in [0.4, 0.5) is 9.59 Å². The number of rotatable bonds is 18. The summed E-state index contributed by atoms with van der Waals surface area (Å²) in [5.74, 6) is 8.71. The predicted molar refractivity (Wildman–Crippen MR) is 251 cm³/mol. The van der Waals surface area contributed by atoms with E-state index in [2.05, 4.69) is 49.6 Å². The lowest BCUT2D eigenvalue weighted by molar-refractivity contribution is -0.139. The molecule has 0 aromatic carbocycles. The Labute approximate surface area is 384 Å². The maximum atomic E-state index is 10.9. The predicted octanol–water partition coefficient (Wildman–Crippen LogP) is 5.81. The molecule has 0 spiro atoms. The van der Waals surface area contributed by atoms with Crippen LogP contribution in [0.5, 0.6) is 0 Å². The minimum absolute atomic E-state index is 0.0398. The molecule has 4 bridgehead atoms. The second-order valence-corrected chi connectivity index (χ2v) is 18.6. The van der Waals surface area contributed by atoms with E-state index in [1.807, 2.05) is 27.7 Å². The fraction of sp³-hybridized carbons (Fsp3) is 0.826. The number of urea groups is 2. The number of fused-ring (bicyclic) bond motifs is 10. The van der Waals surface area contributed by atoms with Crippen molar-refractivity contribution in [1.29, 1.82) is 0 Å². The molecule has 6 aliphatic carbocycles. The highest BCUT2D eigenvalue weighted by Gasteiger charge is 2.49. The van der Waals surface area contributed by atoms with Crippen molar-refractivity contribution in [3.8, 4) is 0 Å². The fourth-order valence-corrected chi connectivity index (χ4v) is 10.3. The van der Waals surface area contributed by atoms with Crippen molar-refractivity contribution >= 4 is 31.8 Å². The summed E-state index contributed by atoms with van der Waals surface area (Å²) in [6.45, 7) is 22.7. The molecule has 17 nitrogen and oxygen atoms in total. The highest BCUT2D eigenvalue weighted by molar-refractivity contribution is 7.46. The van der Waals surface area contributed by atoms with Gasteiger partial charge >= 0.3 is 31.8 Å². The zero-order valence-corrected chi connectivity index (χ0v) is 41.0. The number of hydrogen-bond donors (Lipinski definition) is 9. The molecular weight excluding hydrogens is 844 g/mol. The number of carbonyl (C=O) groups is 4. The van der Waals surface area contributed by atoms with Crippen LogP contribution in [0.3, 0.4) is 0 Å². The molecule has 0 saturated heterocycles. The van der Waals surface area contributed by atoms with Crippen LogP contribution in [0.2, 0.25) is 0 Å². The fourth-order valence-electron chi connectivity index (χ4n) is 10.0. The standard InChI is InChI=1S/2C10H16.2C9H16N2O3.C4H12NO4P.C4H11NO/c2*1-2-9-7-4-5-8(6-7)10(9)3-1;2*1-4-10-9(13)11-5-6-14-8(12)7(2)3;1-2-5-3-4-9-10(6,7)8;1-2-5-3-4-6/h2*7-10H,1-6H2;2*2,4-6H2,1,3H3,(H2,10,11,13);5H,2-4H2,1H3,(H2,6,7,8);5-6H,2-4H2,1H3. The van der Waals surface area contributed by atoms with Crippen molar-refractivity contribution in [2.24, 2.45) is 47.3 Å². The minimum atomic E-state index is -4.25. The number of aliphatic hydroxyl groups is 1. The van der Waals surface area contributed by atoms with Crippen molar-refractivity contribution in [3.05, 3.63) is 24.3 Å². The molecule has 8 unspecified atom stereocenters. The van der Waals surface area contributed by atoms with E-state index >= 15 is 0 Å². The SMILES string of the molecule is C1CC2C3CCC(C3)C2C1.C1CC2C3CCC(C3)C2C1.C=C(C)C(=O)OCCNC(=O)NCC.C=C(C)C(=O)OCCNC(=O)NCC.CCNCCO.CCNCCOP(=O)(O)O. The zero-order chi connectivity index (χ0) is 47.9. The number of carbonyl (C=O) groups excluding carboxylic acids is 4. The summed E-state index contributed by atoms with van der Waals surface area (Å²) in [4.78, 5) is 59.8. The third kappa shape index (κ3) is 25.0. The van der Waals surface area contributed by atoms with Gasteiger partial charge in [-0.2, -0.15) is 0 Å². The molecule has 0 aromatic heterocycles. The number of aliphatic hydroxyl groups excluding tert-OH is 1. The summed E-state index contributed by atoms with van der Waals surface area (Å²) in [5, 5.41) is 24.1. The van der Waals surface area contributed by atoms with Crippen LogP contribution in [0.25, 0.3) is 0 Å². The van der Waals surface area contributed by atoms with Crippen molar-refractivity contribution in [1.82, 2.24) is 31.9 Å². The topological polar surface area (TPSA) is 246 Å². The van der Waals surface area contributed by atoms with Crippen molar-refractivity contribution in [2.45, 2.75) is 119 Å². The number of hydrogen-bond acceptors (Lipinski definition) is 11. The number of likely N-dealkylation sites (N-methyl/N-ethyl adjacent to an activating group) is 2. The van der Waals surface area contributed by atoms with E-state index in [1.54, 1.807) is 90.9 Å². The Hall–Kier alpha value is -3.05. The van der Waals surface area contributed by atoms with Crippen molar-refractivity contribution in [3.63, 3.8) is 0 Å². The van der Waals surface area contributed by atoms with E-state index in [0.717, 1.165) is 19.6 Å². The highest BCUT2D eigenvalue weighted by Crippen LogP contribution is 2.59.